The number of amides is 2. The van der Waals surface area contributed by atoms with E-state index < -0.39 is 37.5 Å². The number of quaternary nitrogens is 3. The molecule has 0 aromatic carbocycles. The lowest BCUT2D eigenvalue weighted by atomic mass is 10.3. The number of hydrogen-bond donors (Lipinski definition) is 5. The number of carboxylic acid groups (broad SMARTS) is 3. The molecule has 190 valence electrons. The van der Waals surface area contributed by atoms with E-state index in [0.29, 0.717) is 14.7 Å². The highest BCUT2D eigenvalue weighted by molar-refractivity contribution is 5.77. The molecule has 13 heteroatoms. The topological polar surface area (TPSA) is 192 Å². The van der Waals surface area contributed by atoms with Crippen LogP contribution in [0.25, 0.3) is 0 Å². The standard InChI is InChI=1S/C20H37N5O8/c1-14(2)21-16(26)9-24(12-19(30)31)7-5-23(11-18(28)29)6-8-25(13-20(32)33)10-17(27)22-15(3)4/h14-15H,5-13H2,1-4H3,(H,21,26)(H,22,27)(H,28,29)(H,30,31)(H,32,33). The highest BCUT2D eigenvalue weighted by atomic mass is 16.4. The van der Waals surface area contributed by atoms with Crippen LogP contribution in [0, 0.1) is 0 Å². The maximum Gasteiger partial charge on any atom is 0.275 e. The first-order chi connectivity index (χ1) is 15.3. The van der Waals surface area contributed by atoms with E-state index in [2.05, 4.69) is 10.6 Å². The third-order valence-electron chi connectivity index (χ3n) is 4.57. The van der Waals surface area contributed by atoms with Gasteiger partial charge in [0.05, 0.1) is 17.9 Å². The van der Waals surface area contributed by atoms with Crippen LogP contribution in [0.2, 0.25) is 0 Å². The molecule has 0 radical (unpaired) electrons. The van der Waals surface area contributed by atoms with Gasteiger partial charge in [0.25, 0.3) is 11.8 Å². The third kappa shape index (κ3) is 17.5. The predicted molar refractivity (Wildman–Crippen MR) is 108 cm³/mol. The maximum atomic E-state index is 12.0. The minimum Gasteiger partial charge on any atom is -0.544 e. The molecule has 0 saturated heterocycles. The molecule has 0 spiro atoms. The van der Waals surface area contributed by atoms with E-state index >= 15 is 0 Å². The van der Waals surface area contributed by atoms with Crippen LogP contribution in [0.1, 0.15) is 27.7 Å². The number of aliphatic carboxylic acids is 3. The van der Waals surface area contributed by atoms with Crippen molar-refractivity contribution in [3.05, 3.63) is 0 Å². The molecule has 0 bridgehead atoms. The highest BCUT2D eigenvalue weighted by Crippen LogP contribution is 1.75. The van der Waals surface area contributed by atoms with Crippen molar-refractivity contribution >= 4 is 29.7 Å². The minimum atomic E-state index is -1.34. The normalized spacial score (nSPS) is 13.9. The lowest BCUT2D eigenvalue weighted by molar-refractivity contribution is -0.971. The van der Waals surface area contributed by atoms with Gasteiger partial charge in [-0.25, -0.2) is 0 Å². The van der Waals surface area contributed by atoms with Crippen molar-refractivity contribution < 1.29 is 54.0 Å². The quantitative estimate of drug-likeness (QED) is 0.129. The van der Waals surface area contributed by atoms with E-state index in [1.807, 2.05) is 0 Å². The summed E-state index contributed by atoms with van der Waals surface area (Å²) in [6.45, 7) is 6.26. The molecular weight excluding hydrogens is 438 g/mol. The van der Waals surface area contributed by atoms with Gasteiger partial charge in [0.1, 0.15) is 45.8 Å². The first-order valence-corrected chi connectivity index (χ1v) is 11.0. The summed E-state index contributed by atoms with van der Waals surface area (Å²) in [6, 6.07) is -0.236. The monoisotopic (exact) mass is 475 g/mol. The number of rotatable bonds is 18. The molecular formula is C20H37N5O8. The van der Waals surface area contributed by atoms with Crippen LogP contribution in [0.3, 0.4) is 0 Å². The van der Waals surface area contributed by atoms with Crippen LogP contribution in [-0.2, 0) is 24.0 Å². The molecule has 2 unspecified atom stereocenters. The Balaban J connectivity index is 5.09. The number of carbonyl (C=O) groups excluding carboxylic acids is 5. The van der Waals surface area contributed by atoms with Crippen LogP contribution in [0.15, 0.2) is 0 Å². The zero-order valence-electron chi connectivity index (χ0n) is 19.8. The molecule has 2 amide bonds. The van der Waals surface area contributed by atoms with E-state index in [0.717, 1.165) is 0 Å². The van der Waals surface area contributed by atoms with Crippen molar-refractivity contribution in [1.29, 1.82) is 0 Å². The van der Waals surface area contributed by atoms with Gasteiger partial charge in [-0.3, -0.25) is 9.59 Å². The van der Waals surface area contributed by atoms with Crippen molar-refractivity contribution in [2.45, 2.75) is 39.8 Å². The first kappa shape index (κ1) is 30.2. The summed E-state index contributed by atoms with van der Waals surface area (Å²) >= 11 is 0. The zero-order valence-corrected chi connectivity index (χ0v) is 19.8. The Morgan fingerprint density at radius 2 is 0.818 bits per heavy atom. The molecule has 0 fully saturated rings. The van der Waals surface area contributed by atoms with Gasteiger partial charge < -0.3 is 55.0 Å². The maximum absolute atomic E-state index is 12.0. The molecule has 0 heterocycles. The van der Waals surface area contributed by atoms with Crippen molar-refractivity contribution in [2.24, 2.45) is 0 Å². The van der Waals surface area contributed by atoms with Gasteiger partial charge in [-0.1, -0.05) is 0 Å². The van der Waals surface area contributed by atoms with E-state index in [-0.39, 0.29) is 63.2 Å². The summed E-state index contributed by atoms with van der Waals surface area (Å²) in [5.74, 6) is -4.70. The van der Waals surface area contributed by atoms with Crippen LogP contribution < -0.4 is 40.7 Å². The molecule has 0 aliphatic rings. The summed E-state index contributed by atoms with van der Waals surface area (Å²) in [6.07, 6.45) is 0. The fourth-order valence-corrected chi connectivity index (χ4v) is 3.30. The van der Waals surface area contributed by atoms with Gasteiger partial charge in [0, 0.05) is 12.1 Å². The second kappa shape index (κ2) is 15.9. The van der Waals surface area contributed by atoms with Crippen molar-refractivity contribution in [3.8, 4) is 0 Å². The summed E-state index contributed by atoms with van der Waals surface area (Å²) in [7, 11) is 0. The average Bonchev–Trinajstić information content (AvgIpc) is 2.60. The molecule has 5 N–H and O–H groups in total. The summed E-state index contributed by atoms with van der Waals surface area (Å²) in [5.41, 5.74) is 0. The van der Waals surface area contributed by atoms with E-state index in [1.54, 1.807) is 27.7 Å². The summed E-state index contributed by atoms with van der Waals surface area (Å²) in [4.78, 5) is 58.6. The molecule has 0 aromatic heterocycles. The minimum absolute atomic E-state index is 0.118. The Kier molecular flexibility index (Phi) is 14.6. The van der Waals surface area contributed by atoms with Crippen LogP contribution in [0.5, 0.6) is 0 Å². The predicted octanol–water partition coefficient (Wildman–Crippen LogP) is -10.1. The fourth-order valence-electron chi connectivity index (χ4n) is 3.30. The van der Waals surface area contributed by atoms with Gasteiger partial charge >= 0.3 is 0 Å². The second-order valence-corrected chi connectivity index (χ2v) is 8.69. The third-order valence-corrected chi connectivity index (χ3v) is 4.57. The Labute approximate surface area is 193 Å². The van der Waals surface area contributed by atoms with Crippen LogP contribution in [0.4, 0.5) is 0 Å². The smallest absolute Gasteiger partial charge is 0.275 e. The Morgan fingerprint density at radius 3 is 1.09 bits per heavy atom. The average molecular weight is 476 g/mol. The number of hydrogen-bond acceptors (Lipinski definition) is 8. The fraction of sp³-hybridized carbons (Fsp3) is 0.750. The lowest BCUT2D eigenvalue weighted by Gasteiger charge is -2.26. The van der Waals surface area contributed by atoms with Gasteiger partial charge in [-0.05, 0) is 27.7 Å². The zero-order chi connectivity index (χ0) is 25.6. The van der Waals surface area contributed by atoms with E-state index in [9.17, 15) is 39.3 Å². The van der Waals surface area contributed by atoms with Gasteiger partial charge in [-0.15, -0.1) is 0 Å². The molecule has 0 saturated carbocycles. The lowest BCUT2D eigenvalue weighted by Crippen LogP contribution is -3.25. The van der Waals surface area contributed by atoms with Gasteiger partial charge in [-0.2, -0.15) is 0 Å². The molecule has 0 rings (SSSR count). The SMILES string of the molecule is CC(C)NC(=O)C[NH+](CC[NH+](CC[NH+](CC(=O)[O-])CC(=O)NC(C)C)CC(=O)[O-])CC(=O)[O-]. The number of nitrogens with one attached hydrogen (secondary N) is 5. The molecule has 0 aromatic rings. The molecule has 2 atom stereocenters. The second-order valence-electron chi connectivity index (χ2n) is 8.69. The Hall–Kier alpha value is -2.77. The van der Waals surface area contributed by atoms with Crippen molar-refractivity contribution in [2.75, 3.05) is 58.9 Å². The molecule has 33 heavy (non-hydrogen) atoms. The van der Waals surface area contributed by atoms with Crippen molar-refractivity contribution in [3.63, 3.8) is 0 Å². The number of carboxylic acids is 3. The highest BCUT2D eigenvalue weighted by Gasteiger charge is 2.22. The van der Waals surface area contributed by atoms with Gasteiger partial charge in [0.15, 0.2) is 13.1 Å². The first-order valence-electron chi connectivity index (χ1n) is 11.0. The molecule has 13 nitrogen and oxygen atoms in total. The van der Waals surface area contributed by atoms with Crippen LogP contribution in [-0.4, -0.2) is 101 Å². The van der Waals surface area contributed by atoms with Gasteiger partial charge in [0.2, 0.25) is 0 Å². The van der Waals surface area contributed by atoms with E-state index in [1.165, 1.54) is 0 Å². The van der Waals surface area contributed by atoms with E-state index in [4.69, 9.17) is 0 Å². The summed E-state index contributed by atoms with van der Waals surface area (Å²) in [5, 5.41) is 38.6. The van der Waals surface area contributed by atoms with Crippen LogP contribution >= 0.6 is 0 Å². The van der Waals surface area contributed by atoms with Crippen molar-refractivity contribution in [1.82, 2.24) is 10.6 Å². The Bertz CT molecular complexity index is 623. The number of carbonyl (C=O) groups is 5. The summed E-state index contributed by atoms with van der Waals surface area (Å²) < 4.78 is 0. The molecule has 0 aliphatic carbocycles. The molecule has 0 aliphatic heterocycles. The Morgan fingerprint density at radius 1 is 0.545 bits per heavy atom. The largest absolute Gasteiger partial charge is 0.544 e.